The average Bonchev–Trinajstić information content (AvgIpc) is 2.58. The number of likely N-dealkylation sites (tertiary alicyclic amines) is 1. The highest BCUT2D eigenvalue weighted by Crippen LogP contribution is 2.22. The summed E-state index contributed by atoms with van der Waals surface area (Å²) in [5, 5.41) is 10.2. The van der Waals surface area contributed by atoms with E-state index >= 15 is 0 Å². The van der Waals surface area contributed by atoms with Crippen molar-refractivity contribution in [2.75, 3.05) is 13.1 Å². The van der Waals surface area contributed by atoms with Crippen LogP contribution in [0.1, 0.15) is 17.5 Å². The highest BCUT2D eigenvalue weighted by atomic mass is 19.1. The van der Waals surface area contributed by atoms with E-state index < -0.39 is 6.10 Å². The second-order valence-corrected chi connectivity index (χ2v) is 6.32. The molecule has 2 atom stereocenters. The Morgan fingerprint density at radius 3 is 2.79 bits per heavy atom. The summed E-state index contributed by atoms with van der Waals surface area (Å²) in [5.74, 6) is -0.289. The zero-order valence-electron chi connectivity index (χ0n) is 13.4. The van der Waals surface area contributed by atoms with E-state index in [4.69, 9.17) is 0 Å². The highest BCUT2D eigenvalue weighted by molar-refractivity contribution is 5.78. The second kappa shape index (κ2) is 7.53. The summed E-state index contributed by atoms with van der Waals surface area (Å²) in [4.78, 5) is 18.2. The van der Waals surface area contributed by atoms with Gasteiger partial charge in [0.25, 0.3) is 0 Å². The maximum atomic E-state index is 13.3. The summed E-state index contributed by atoms with van der Waals surface area (Å²) >= 11 is 0. The molecule has 1 amide bonds. The molecular weight excluding hydrogens is 307 g/mol. The maximum Gasteiger partial charge on any atom is 0.227 e. The summed E-state index contributed by atoms with van der Waals surface area (Å²) in [7, 11) is 0. The van der Waals surface area contributed by atoms with Gasteiger partial charge in [-0.3, -0.25) is 9.78 Å². The molecule has 0 unspecified atom stereocenters. The molecule has 0 bridgehead atoms. The zero-order valence-corrected chi connectivity index (χ0v) is 13.4. The third-order valence-corrected chi connectivity index (χ3v) is 4.54. The standard InChI is InChI=1S/C19H21FN2O2/c20-17-3-1-2-15(11-17)10-16-13-22(9-6-18(16)23)19(24)12-14-4-7-21-8-5-14/h1-5,7-8,11,16,18,23H,6,9-10,12-13H2/t16-,18-/m1/s1. The van der Waals surface area contributed by atoms with Crippen molar-refractivity contribution in [1.82, 2.24) is 9.88 Å². The number of hydrogen-bond acceptors (Lipinski definition) is 3. The number of halogens is 1. The van der Waals surface area contributed by atoms with E-state index in [1.54, 1.807) is 23.4 Å². The van der Waals surface area contributed by atoms with Gasteiger partial charge in [-0.25, -0.2) is 4.39 Å². The number of carbonyl (C=O) groups excluding carboxylic acids is 1. The van der Waals surface area contributed by atoms with Crippen LogP contribution >= 0.6 is 0 Å². The molecule has 5 heteroatoms. The lowest BCUT2D eigenvalue weighted by atomic mass is 9.88. The molecular formula is C19H21FN2O2. The minimum Gasteiger partial charge on any atom is -0.393 e. The number of rotatable bonds is 4. The molecule has 2 aromatic rings. The van der Waals surface area contributed by atoms with Crippen LogP contribution in [-0.4, -0.2) is 40.1 Å². The molecule has 1 aromatic heterocycles. The van der Waals surface area contributed by atoms with E-state index in [0.29, 0.717) is 32.4 Å². The molecule has 4 nitrogen and oxygen atoms in total. The van der Waals surface area contributed by atoms with E-state index in [1.165, 1.54) is 12.1 Å². The van der Waals surface area contributed by atoms with Crippen LogP contribution in [0.5, 0.6) is 0 Å². The predicted molar refractivity (Wildman–Crippen MR) is 88.7 cm³/mol. The Morgan fingerprint density at radius 2 is 2.04 bits per heavy atom. The van der Waals surface area contributed by atoms with Gasteiger partial charge in [-0.1, -0.05) is 12.1 Å². The molecule has 1 aliphatic heterocycles. The molecule has 126 valence electrons. The van der Waals surface area contributed by atoms with Gasteiger partial charge in [0.2, 0.25) is 5.91 Å². The minimum atomic E-state index is -0.460. The third-order valence-electron chi connectivity index (χ3n) is 4.54. The van der Waals surface area contributed by atoms with Gasteiger partial charge in [-0.05, 0) is 48.2 Å². The lowest BCUT2D eigenvalue weighted by Crippen LogP contribution is -2.47. The molecule has 1 N–H and O–H groups in total. The Balaban J connectivity index is 1.63. The van der Waals surface area contributed by atoms with Crippen molar-refractivity contribution in [1.29, 1.82) is 0 Å². The van der Waals surface area contributed by atoms with Crippen LogP contribution in [0.25, 0.3) is 0 Å². The van der Waals surface area contributed by atoms with Crippen LogP contribution in [0.3, 0.4) is 0 Å². The molecule has 0 saturated carbocycles. The van der Waals surface area contributed by atoms with Crippen LogP contribution in [0.15, 0.2) is 48.8 Å². The average molecular weight is 328 g/mol. The molecule has 1 aromatic carbocycles. The number of aromatic nitrogens is 1. The van der Waals surface area contributed by atoms with Gasteiger partial charge >= 0.3 is 0 Å². The van der Waals surface area contributed by atoms with Crippen molar-refractivity contribution in [3.05, 3.63) is 65.7 Å². The number of aliphatic hydroxyl groups excluding tert-OH is 1. The molecule has 3 rings (SSSR count). The summed E-state index contributed by atoms with van der Waals surface area (Å²) in [6.45, 7) is 1.06. The number of nitrogens with zero attached hydrogens (tertiary/aromatic N) is 2. The van der Waals surface area contributed by atoms with E-state index in [0.717, 1.165) is 11.1 Å². The molecule has 0 radical (unpaired) electrons. The molecule has 0 aliphatic carbocycles. The van der Waals surface area contributed by atoms with E-state index in [-0.39, 0.29) is 17.6 Å². The monoisotopic (exact) mass is 328 g/mol. The first kappa shape index (κ1) is 16.6. The summed E-state index contributed by atoms with van der Waals surface area (Å²) in [5.41, 5.74) is 1.78. The molecule has 24 heavy (non-hydrogen) atoms. The van der Waals surface area contributed by atoms with E-state index in [1.807, 2.05) is 18.2 Å². The topological polar surface area (TPSA) is 53.4 Å². The fraction of sp³-hybridized carbons (Fsp3) is 0.368. The van der Waals surface area contributed by atoms with Gasteiger partial charge in [0.15, 0.2) is 0 Å². The molecule has 0 spiro atoms. The number of hydrogen-bond donors (Lipinski definition) is 1. The van der Waals surface area contributed by atoms with Crippen LogP contribution < -0.4 is 0 Å². The van der Waals surface area contributed by atoms with Crippen LogP contribution in [0.2, 0.25) is 0 Å². The number of amides is 1. The molecule has 1 saturated heterocycles. The summed E-state index contributed by atoms with van der Waals surface area (Å²) in [6, 6.07) is 10.1. The van der Waals surface area contributed by atoms with E-state index in [9.17, 15) is 14.3 Å². The quantitative estimate of drug-likeness (QED) is 0.936. The number of piperidine rings is 1. The number of benzene rings is 1. The Bertz CT molecular complexity index is 693. The summed E-state index contributed by atoms with van der Waals surface area (Å²) < 4.78 is 13.3. The maximum absolute atomic E-state index is 13.3. The normalized spacial score (nSPS) is 20.8. The minimum absolute atomic E-state index is 0.0531. The first-order valence-corrected chi connectivity index (χ1v) is 8.21. The van der Waals surface area contributed by atoms with Crippen LogP contribution in [0.4, 0.5) is 4.39 Å². The number of pyridine rings is 1. The van der Waals surface area contributed by atoms with Crippen molar-refractivity contribution in [2.24, 2.45) is 5.92 Å². The Labute approximate surface area is 141 Å². The largest absolute Gasteiger partial charge is 0.393 e. The van der Waals surface area contributed by atoms with Crippen LogP contribution in [0, 0.1) is 11.7 Å². The Kier molecular flexibility index (Phi) is 5.20. The zero-order chi connectivity index (χ0) is 16.9. The van der Waals surface area contributed by atoms with Crippen molar-refractivity contribution >= 4 is 5.91 Å². The van der Waals surface area contributed by atoms with Gasteiger partial charge in [0.05, 0.1) is 12.5 Å². The molecule has 2 heterocycles. The lowest BCUT2D eigenvalue weighted by molar-refractivity contribution is -0.134. The van der Waals surface area contributed by atoms with Crippen molar-refractivity contribution in [3.8, 4) is 0 Å². The SMILES string of the molecule is O=C(Cc1ccncc1)N1CC[C@@H](O)[C@H](Cc2cccc(F)c2)C1. The number of aliphatic hydroxyl groups is 1. The van der Waals surface area contributed by atoms with Gasteiger partial charge in [0.1, 0.15) is 5.82 Å². The fourth-order valence-electron chi connectivity index (χ4n) is 3.20. The second-order valence-electron chi connectivity index (χ2n) is 6.32. The van der Waals surface area contributed by atoms with Crippen LogP contribution in [-0.2, 0) is 17.6 Å². The lowest BCUT2D eigenvalue weighted by Gasteiger charge is -2.36. The van der Waals surface area contributed by atoms with Gasteiger partial charge in [0, 0.05) is 31.4 Å². The van der Waals surface area contributed by atoms with Gasteiger partial charge in [-0.15, -0.1) is 0 Å². The summed E-state index contributed by atoms with van der Waals surface area (Å²) in [6.07, 6.45) is 4.36. The fourth-order valence-corrected chi connectivity index (χ4v) is 3.20. The third kappa shape index (κ3) is 4.17. The van der Waals surface area contributed by atoms with Gasteiger partial charge < -0.3 is 10.0 Å². The van der Waals surface area contributed by atoms with Gasteiger partial charge in [-0.2, -0.15) is 0 Å². The predicted octanol–water partition coefficient (Wildman–Crippen LogP) is 2.22. The van der Waals surface area contributed by atoms with Crippen molar-refractivity contribution in [3.63, 3.8) is 0 Å². The first-order chi connectivity index (χ1) is 11.6. The highest BCUT2D eigenvalue weighted by Gasteiger charge is 2.30. The number of carbonyl (C=O) groups is 1. The van der Waals surface area contributed by atoms with Crippen molar-refractivity contribution in [2.45, 2.75) is 25.4 Å². The molecule has 1 aliphatic rings. The molecule has 1 fully saturated rings. The van der Waals surface area contributed by atoms with E-state index in [2.05, 4.69) is 4.98 Å². The first-order valence-electron chi connectivity index (χ1n) is 8.21. The smallest absolute Gasteiger partial charge is 0.227 e. The van der Waals surface area contributed by atoms with Crippen molar-refractivity contribution < 1.29 is 14.3 Å². The Morgan fingerprint density at radius 1 is 1.25 bits per heavy atom. The Hall–Kier alpha value is -2.27.